The second-order valence-corrected chi connectivity index (χ2v) is 8.54. The van der Waals surface area contributed by atoms with Crippen LogP contribution in [0.5, 0.6) is 11.8 Å². The van der Waals surface area contributed by atoms with Gasteiger partial charge in [-0.3, -0.25) is 0 Å². The number of aromatic hydroxyl groups is 1. The number of ether oxygens (including phenoxy) is 1. The van der Waals surface area contributed by atoms with Gasteiger partial charge in [0, 0.05) is 25.7 Å². The quantitative estimate of drug-likeness (QED) is 0.346. The highest BCUT2D eigenvalue weighted by Crippen LogP contribution is 2.40. The Morgan fingerprint density at radius 2 is 1.56 bits per heavy atom. The van der Waals surface area contributed by atoms with E-state index in [1.807, 2.05) is 12.1 Å². The minimum absolute atomic E-state index is 0.110. The summed E-state index contributed by atoms with van der Waals surface area (Å²) >= 11 is 1.76. The van der Waals surface area contributed by atoms with Crippen LogP contribution in [-0.4, -0.2) is 27.2 Å². The number of rotatable bonds is 3. The van der Waals surface area contributed by atoms with Crippen molar-refractivity contribution >= 4 is 42.3 Å². The number of phenols is 1. The average molecular weight is 436 g/mol. The van der Waals surface area contributed by atoms with E-state index in [2.05, 4.69) is 63.5 Å². The Hall–Kier alpha value is -4.03. The van der Waals surface area contributed by atoms with Gasteiger partial charge in [0.05, 0.1) is 12.7 Å². The number of hydrogen-bond donors (Lipinski definition) is 1. The van der Waals surface area contributed by atoms with Crippen LogP contribution in [0.15, 0.2) is 78.9 Å². The van der Waals surface area contributed by atoms with E-state index in [9.17, 15) is 5.11 Å². The lowest BCUT2D eigenvalue weighted by atomic mass is 10.0. The molecule has 0 amide bonds. The first-order chi connectivity index (χ1) is 15.7. The van der Waals surface area contributed by atoms with Crippen LogP contribution < -0.4 is 4.74 Å². The highest BCUT2D eigenvalue weighted by Gasteiger charge is 2.15. The first-order valence-corrected chi connectivity index (χ1v) is 11.0. The Balaban J connectivity index is 1.55. The summed E-state index contributed by atoms with van der Waals surface area (Å²) in [4.78, 5) is 13.4. The molecule has 0 aliphatic heterocycles. The molecular weight excluding hydrogens is 418 g/mol. The van der Waals surface area contributed by atoms with E-state index < -0.39 is 0 Å². The van der Waals surface area contributed by atoms with Crippen molar-refractivity contribution < 1.29 is 9.84 Å². The molecule has 6 rings (SSSR count). The van der Waals surface area contributed by atoms with Crippen LogP contribution in [0.25, 0.3) is 53.7 Å². The zero-order valence-corrected chi connectivity index (χ0v) is 17.9. The van der Waals surface area contributed by atoms with E-state index in [-0.39, 0.29) is 11.8 Å². The van der Waals surface area contributed by atoms with Gasteiger partial charge in [-0.25, -0.2) is 4.98 Å². The number of nitrogens with zero attached hydrogens (tertiary/aromatic N) is 3. The number of phenolic OH excluding ortho intramolecular Hbond substituents is 1. The number of thiophene rings is 1. The summed E-state index contributed by atoms with van der Waals surface area (Å²) in [7, 11) is 1.52. The molecule has 2 aromatic heterocycles. The number of hydrogen-bond acceptors (Lipinski definition) is 6. The Labute approximate surface area is 187 Å². The lowest BCUT2D eigenvalue weighted by molar-refractivity contribution is 0.379. The molecule has 154 valence electrons. The van der Waals surface area contributed by atoms with Gasteiger partial charge in [0.2, 0.25) is 0 Å². The van der Waals surface area contributed by atoms with E-state index in [0.29, 0.717) is 17.2 Å². The fraction of sp³-hybridized carbons (Fsp3) is 0.0385. The molecule has 2 heterocycles. The zero-order valence-electron chi connectivity index (χ0n) is 17.1. The molecule has 0 saturated heterocycles. The first-order valence-electron chi connectivity index (χ1n) is 10.1. The summed E-state index contributed by atoms with van der Waals surface area (Å²) in [6, 6.07) is 26.3. The molecule has 32 heavy (non-hydrogen) atoms. The minimum atomic E-state index is 0.110. The number of fused-ring (bicyclic) bond motifs is 5. The molecule has 6 heteroatoms. The zero-order chi connectivity index (χ0) is 21.7. The monoisotopic (exact) mass is 435 g/mol. The van der Waals surface area contributed by atoms with Crippen molar-refractivity contribution in [1.29, 1.82) is 0 Å². The first kappa shape index (κ1) is 18.7. The van der Waals surface area contributed by atoms with Crippen LogP contribution in [0.3, 0.4) is 0 Å². The fourth-order valence-electron chi connectivity index (χ4n) is 4.05. The highest BCUT2D eigenvalue weighted by atomic mass is 32.1. The van der Waals surface area contributed by atoms with Crippen LogP contribution in [0, 0.1) is 0 Å². The molecule has 0 aliphatic carbocycles. The number of aromatic nitrogens is 3. The van der Waals surface area contributed by atoms with Crippen LogP contribution >= 0.6 is 11.3 Å². The largest absolute Gasteiger partial charge is 0.507 e. The molecule has 0 saturated carbocycles. The van der Waals surface area contributed by atoms with Crippen molar-refractivity contribution in [3.8, 4) is 34.5 Å². The molecule has 0 fully saturated rings. The predicted octanol–water partition coefficient (Wildman–Crippen LogP) is 6.44. The third-order valence-corrected chi connectivity index (χ3v) is 6.68. The van der Waals surface area contributed by atoms with Crippen LogP contribution in [0.2, 0.25) is 0 Å². The SMILES string of the molecule is COc1nc(-c2ccc3c(c2)sc2ccc4ccccc4c23)nc(-c2ccccc2O)n1. The molecule has 0 unspecified atom stereocenters. The lowest BCUT2D eigenvalue weighted by Gasteiger charge is -2.08. The molecule has 0 radical (unpaired) electrons. The van der Waals surface area contributed by atoms with Gasteiger partial charge in [-0.15, -0.1) is 11.3 Å². The van der Waals surface area contributed by atoms with E-state index in [1.54, 1.807) is 29.5 Å². The molecule has 0 atom stereocenters. The third-order valence-electron chi connectivity index (χ3n) is 5.56. The number of para-hydroxylation sites is 1. The summed E-state index contributed by atoms with van der Waals surface area (Å²) in [6.45, 7) is 0. The summed E-state index contributed by atoms with van der Waals surface area (Å²) < 4.78 is 7.73. The average Bonchev–Trinajstić information content (AvgIpc) is 3.22. The van der Waals surface area contributed by atoms with E-state index >= 15 is 0 Å². The summed E-state index contributed by atoms with van der Waals surface area (Å²) in [5.41, 5.74) is 1.40. The molecular formula is C26H17N3O2S. The minimum Gasteiger partial charge on any atom is -0.507 e. The van der Waals surface area contributed by atoms with Crippen molar-refractivity contribution in [3.05, 3.63) is 78.9 Å². The molecule has 0 aliphatic rings. The van der Waals surface area contributed by atoms with Crippen molar-refractivity contribution in [1.82, 2.24) is 15.0 Å². The van der Waals surface area contributed by atoms with Gasteiger partial charge in [-0.1, -0.05) is 54.6 Å². The van der Waals surface area contributed by atoms with Gasteiger partial charge >= 0.3 is 6.01 Å². The Bertz CT molecular complexity index is 1640. The molecule has 1 N–H and O–H groups in total. The van der Waals surface area contributed by atoms with Gasteiger partial charge in [-0.2, -0.15) is 9.97 Å². The van der Waals surface area contributed by atoms with Gasteiger partial charge in [0.1, 0.15) is 5.75 Å². The predicted molar refractivity (Wildman–Crippen MR) is 129 cm³/mol. The van der Waals surface area contributed by atoms with Crippen LogP contribution in [0.4, 0.5) is 0 Å². The number of methoxy groups -OCH3 is 1. The Kier molecular flexibility index (Phi) is 4.26. The normalized spacial score (nSPS) is 11.4. The summed E-state index contributed by atoms with van der Waals surface area (Å²) in [5, 5.41) is 15.2. The maximum absolute atomic E-state index is 10.3. The molecule has 0 spiro atoms. The highest BCUT2D eigenvalue weighted by molar-refractivity contribution is 7.26. The number of benzene rings is 4. The third kappa shape index (κ3) is 2.96. The van der Waals surface area contributed by atoms with Gasteiger partial charge in [-0.05, 0) is 35.0 Å². The smallest absolute Gasteiger partial charge is 0.320 e. The second kappa shape index (κ2) is 7.28. The van der Waals surface area contributed by atoms with Gasteiger partial charge < -0.3 is 9.84 Å². The second-order valence-electron chi connectivity index (χ2n) is 7.46. The molecule has 4 aromatic carbocycles. The summed E-state index contributed by atoms with van der Waals surface area (Å²) in [6.07, 6.45) is 0. The topological polar surface area (TPSA) is 68.1 Å². The van der Waals surface area contributed by atoms with E-state index in [1.165, 1.54) is 33.4 Å². The Morgan fingerprint density at radius 3 is 2.44 bits per heavy atom. The van der Waals surface area contributed by atoms with E-state index in [4.69, 9.17) is 4.74 Å². The summed E-state index contributed by atoms with van der Waals surface area (Å²) in [5.74, 6) is 0.977. The molecule has 5 nitrogen and oxygen atoms in total. The molecule has 6 aromatic rings. The van der Waals surface area contributed by atoms with Crippen LogP contribution in [-0.2, 0) is 0 Å². The van der Waals surface area contributed by atoms with Crippen molar-refractivity contribution in [2.45, 2.75) is 0 Å². The fourth-order valence-corrected chi connectivity index (χ4v) is 5.21. The Morgan fingerprint density at radius 1 is 0.750 bits per heavy atom. The standard InChI is InChI=1S/C26H17N3O2S/c1-31-26-28-24(27-25(29-26)18-8-4-5-9-20(18)30)16-10-12-19-22(14-16)32-21-13-11-15-6-2-3-7-17(15)23(19)21/h2-14,30H,1H3. The molecule has 0 bridgehead atoms. The van der Waals surface area contributed by atoms with Crippen molar-refractivity contribution in [2.75, 3.05) is 7.11 Å². The van der Waals surface area contributed by atoms with Crippen LogP contribution in [0.1, 0.15) is 0 Å². The van der Waals surface area contributed by atoms with Crippen molar-refractivity contribution in [2.24, 2.45) is 0 Å². The van der Waals surface area contributed by atoms with E-state index in [0.717, 1.165) is 10.3 Å². The maximum atomic E-state index is 10.3. The van der Waals surface area contributed by atoms with Gasteiger partial charge in [0.25, 0.3) is 0 Å². The lowest BCUT2D eigenvalue weighted by Crippen LogP contribution is -2.00. The van der Waals surface area contributed by atoms with Gasteiger partial charge in [0.15, 0.2) is 11.6 Å². The maximum Gasteiger partial charge on any atom is 0.320 e. The van der Waals surface area contributed by atoms with Crippen molar-refractivity contribution in [3.63, 3.8) is 0 Å².